The number of carbonyl (C=O) groups excluding carboxylic acids is 1. The van der Waals surface area contributed by atoms with Crippen LogP contribution in [0.3, 0.4) is 0 Å². The summed E-state index contributed by atoms with van der Waals surface area (Å²) in [5.41, 5.74) is 0.0816. The molecule has 2 fully saturated rings. The van der Waals surface area contributed by atoms with Crippen LogP contribution in [0.1, 0.15) is 24.3 Å². The molecule has 2 saturated carbocycles. The molecular weight excluding hydrogens is 272 g/mol. The van der Waals surface area contributed by atoms with Gasteiger partial charge in [-0.05, 0) is 37.0 Å². The number of carbonyl (C=O) groups is 1. The molecule has 0 aliphatic heterocycles. The van der Waals surface area contributed by atoms with Crippen molar-refractivity contribution in [2.24, 2.45) is 17.8 Å². The maximum absolute atomic E-state index is 11.5. The van der Waals surface area contributed by atoms with Crippen molar-refractivity contribution in [2.75, 3.05) is 5.32 Å². The predicted octanol–water partition coefficient (Wildman–Crippen LogP) is 2.08. The monoisotopic (exact) mass is 286 g/mol. The van der Waals surface area contributed by atoms with Gasteiger partial charge in [0.2, 0.25) is 5.13 Å². The second kappa shape index (κ2) is 5.17. The topological polar surface area (TPSA) is 78.7 Å². The van der Waals surface area contributed by atoms with Gasteiger partial charge in [0.25, 0.3) is 5.91 Å². The highest BCUT2D eigenvalue weighted by atomic mass is 32.1. The van der Waals surface area contributed by atoms with Crippen LogP contribution in [-0.4, -0.2) is 22.3 Å². The fourth-order valence-corrected chi connectivity index (χ4v) is 2.75. The van der Waals surface area contributed by atoms with Gasteiger partial charge in [-0.15, -0.1) is 10.2 Å². The van der Waals surface area contributed by atoms with Crippen molar-refractivity contribution >= 4 is 28.6 Å². The molecule has 2 atom stereocenters. The Labute approximate surface area is 121 Å². The van der Waals surface area contributed by atoms with Crippen molar-refractivity contribution in [1.82, 2.24) is 10.2 Å². The first-order valence-electron chi connectivity index (χ1n) is 6.53. The van der Waals surface area contributed by atoms with Crippen molar-refractivity contribution < 1.29 is 4.79 Å². The summed E-state index contributed by atoms with van der Waals surface area (Å²) < 4.78 is 0. The average molecular weight is 286 g/mol. The van der Waals surface area contributed by atoms with E-state index in [2.05, 4.69) is 33.9 Å². The molecule has 2 unspecified atom stereocenters. The average Bonchev–Trinajstić information content (AvgIpc) is 3.34. The van der Waals surface area contributed by atoms with Gasteiger partial charge in [-0.3, -0.25) is 10.1 Å². The van der Waals surface area contributed by atoms with Crippen LogP contribution >= 0.6 is 11.3 Å². The third-order valence-electron chi connectivity index (χ3n) is 3.54. The number of rotatable bonds is 4. The van der Waals surface area contributed by atoms with Gasteiger partial charge in [0, 0.05) is 12.1 Å². The minimum absolute atomic E-state index is 0.0816. The van der Waals surface area contributed by atoms with E-state index in [1.165, 1.54) is 30.6 Å². The van der Waals surface area contributed by atoms with Gasteiger partial charge in [0.05, 0.1) is 5.57 Å². The minimum atomic E-state index is -0.438. The maximum atomic E-state index is 11.5. The van der Waals surface area contributed by atoms with Crippen LogP contribution in [0.15, 0.2) is 12.2 Å². The number of amides is 1. The molecule has 2 aliphatic carbocycles. The van der Waals surface area contributed by atoms with E-state index in [1.807, 2.05) is 0 Å². The summed E-state index contributed by atoms with van der Waals surface area (Å²) in [7, 11) is 0. The van der Waals surface area contributed by atoms with Gasteiger partial charge in [0.15, 0.2) is 5.01 Å². The molecule has 0 spiro atoms. The Balaban J connectivity index is 1.57. The van der Waals surface area contributed by atoms with Crippen LogP contribution < -0.4 is 5.32 Å². The SMILES string of the molecule is C=C(C=N)C(=O)Nc1nnc(C#CC2CC2C2CC2)s1. The fraction of sp³-hybridized carbons (Fsp3) is 0.429. The Bertz CT molecular complexity index is 635. The van der Waals surface area contributed by atoms with Gasteiger partial charge in [0.1, 0.15) is 0 Å². The molecule has 0 aromatic carbocycles. The molecule has 0 bridgehead atoms. The van der Waals surface area contributed by atoms with E-state index in [9.17, 15) is 4.79 Å². The highest BCUT2D eigenvalue weighted by Crippen LogP contribution is 2.53. The first kappa shape index (κ1) is 13.0. The number of hydrogen-bond donors (Lipinski definition) is 2. The first-order valence-corrected chi connectivity index (χ1v) is 7.35. The van der Waals surface area contributed by atoms with Gasteiger partial charge in [-0.25, -0.2) is 0 Å². The summed E-state index contributed by atoms with van der Waals surface area (Å²) in [6.45, 7) is 3.45. The van der Waals surface area contributed by atoms with E-state index in [1.54, 1.807) is 0 Å². The molecule has 1 amide bonds. The quantitative estimate of drug-likeness (QED) is 0.505. The highest BCUT2D eigenvalue weighted by Gasteiger charge is 2.46. The second-order valence-electron chi connectivity index (χ2n) is 5.15. The molecule has 1 aromatic rings. The summed E-state index contributed by atoms with van der Waals surface area (Å²) in [5, 5.41) is 18.3. The number of nitrogens with zero attached hydrogens (tertiary/aromatic N) is 2. The molecule has 20 heavy (non-hydrogen) atoms. The normalized spacial score (nSPS) is 23.4. The van der Waals surface area contributed by atoms with Crippen molar-refractivity contribution in [3.05, 3.63) is 17.2 Å². The number of hydrogen-bond acceptors (Lipinski definition) is 5. The lowest BCUT2D eigenvalue weighted by Gasteiger charge is -1.97. The van der Waals surface area contributed by atoms with Crippen molar-refractivity contribution in [3.63, 3.8) is 0 Å². The lowest BCUT2D eigenvalue weighted by molar-refractivity contribution is -0.112. The maximum Gasteiger partial charge on any atom is 0.258 e. The predicted molar refractivity (Wildman–Crippen MR) is 77.7 cm³/mol. The molecule has 3 rings (SSSR count). The Morgan fingerprint density at radius 1 is 1.50 bits per heavy atom. The number of aromatic nitrogens is 2. The zero-order valence-electron chi connectivity index (χ0n) is 10.8. The van der Waals surface area contributed by atoms with E-state index in [4.69, 9.17) is 5.41 Å². The summed E-state index contributed by atoms with van der Waals surface area (Å²) in [6.07, 6.45) is 4.87. The van der Waals surface area contributed by atoms with Crippen LogP contribution in [0.5, 0.6) is 0 Å². The Morgan fingerprint density at radius 3 is 3.00 bits per heavy atom. The molecule has 0 saturated heterocycles. The number of anilines is 1. The van der Waals surface area contributed by atoms with Crippen LogP contribution in [-0.2, 0) is 4.79 Å². The van der Waals surface area contributed by atoms with Crippen LogP contribution in [0.25, 0.3) is 0 Å². The molecule has 1 aromatic heterocycles. The molecular formula is C14H14N4OS. The smallest absolute Gasteiger partial charge is 0.258 e. The Hall–Kier alpha value is -2.00. The first-order chi connectivity index (χ1) is 9.67. The molecule has 102 valence electrons. The highest BCUT2D eigenvalue weighted by molar-refractivity contribution is 7.15. The van der Waals surface area contributed by atoms with Crippen LogP contribution in [0, 0.1) is 35.0 Å². The minimum Gasteiger partial charge on any atom is -0.308 e. The van der Waals surface area contributed by atoms with Crippen molar-refractivity contribution in [1.29, 1.82) is 5.41 Å². The molecule has 5 nitrogen and oxygen atoms in total. The molecule has 0 radical (unpaired) electrons. The van der Waals surface area contributed by atoms with E-state index in [-0.39, 0.29) is 5.57 Å². The fourth-order valence-electron chi connectivity index (χ4n) is 2.15. The lowest BCUT2D eigenvalue weighted by Crippen LogP contribution is -2.13. The Kier molecular flexibility index (Phi) is 3.36. The van der Waals surface area contributed by atoms with Crippen LogP contribution in [0.2, 0.25) is 0 Å². The summed E-state index contributed by atoms with van der Waals surface area (Å²) in [6, 6.07) is 0. The van der Waals surface area contributed by atoms with E-state index >= 15 is 0 Å². The zero-order valence-corrected chi connectivity index (χ0v) is 11.7. The lowest BCUT2D eigenvalue weighted by atomic mass is 10.2. The zero-order chi connectivity index (χ0) is 14.1. The van der Waals surface area contributed by atoms with E-state index < -0.39 is 5.91 Å². The molecule has 2 N–H and O–H groups in total. The van der Waals surface area contributed by atoms with Gasteiger partial charge in [-0.2, -0.15) is 0 Å². The number of nitrogens with one attached hydrogen (secondary N) is 2. The summed E-state index contributed by atoms with van der Waals surface area (Å²) in [4.78, 5) is 11.5. The van der Waals surface area contributed by atoms with E-state index in [0.717, 1.165) is 18.1 Å². The largest absolute Gasteiger partial charge is 0.308 e. The van der Waals surface area contributed by atoms with Gasteiger partial charge in [-0.1, -0.05) is 23.8 Å². The molecule has 2 aliphatic rings. The molecule has 1 heterocycles. The van der Waals surface area contributed by atoms with Crippen molar-refractivity contribution in [2.45, 2.75) is 19.3 Å². The standard InChI is InChI=1S/C14H14N4OS/c1-8(7-15)13(19)16-14-18-17-12(20-14)5-4-10-6-11(10)9-2-3-9/h7,9-11,15H,1-3,6H2,(H,16,18,19). The van der Waals surface area contributed by atoms with Crippen molar-refractivity contribution in [3.8, 4) is 11.8 Å². The molecule has 6 heteroatoms. The third kappa shape index (κ3) is 2.94. The van der Waals surface area contributed by atoms with Gasteiger partial charge >= 0.3 is 0 Å². The summed E-state index contributed by atoms with van der Waals surface area (Å²) >= 11 is 1.24. The van der Waals surface area contributed by atoms with E-state index in [0.29, 0.717) is 16.1 Å². The van der Waals surface area contributed by atoms with Gasteiger partial charge < -0.3 is 5.41 Å². The van der Waals surface area contributed by atoms with Crippen LogP contribution in [0.4, 0.5) is 5.13 Å². The third-order valence-corrected chi connectivity index (χ3v) is 4.30. The second-order valence-corrected chi connectivity index (χ2v) is 6.13. The summed E-state index contributed by atoms with van der Waals surface area (Å²) in [5.74, 6) is 8.09. The Morgan fingerprint density at radius 2 is 2.30 bits per heavy atom.